The molecule has 1 aromatic carbocycles. The number of hydrogen-bond acceptors (Lipinski definition) is 4. The van der Waals surface area contributed by atoms with Crippen LogP contribution in [-0.4, -0.2) is 16.1 Å². The van der Waals surface area contributed by atoms with Gasteiger partial charge in [-0.05, 0) is 23.6 Å². The lowest BCUT2D eigenvalue weighted by molar-refractivity contribution is 0.0691. The lowest BCUT2D eigenvalue weighted by atomic mass is 10.1. The van der Waals surface area contributed by atoms with E-state index in [2.05, 4.69) is 10.3 Å². The number of aromatic carboxylic acids is 1. The fourth-order valence-corrected chi connectivity index (χ4v) is 2.47. The van der Waals surface area contributed by atoms with Crippen molar-refractivity contribution in [1.82, 2.24) is 4.98 Å². The maximum atomic E-state index is 11.1. The molecule has 0 radical (unpaired) electrons. The summed E-state index contributed by atoms with van der Waals surface area (Å²) < 4.78 is 0. The number of carbonyl (C=O) groups is 1. The number of para-hydroxylation sites is 1. The molecule has 0 atom stereocenters. The molecule has 0 bridgehead atoms. The van der Waals surface area contributed by atoms with Crippen LogP contribution < -0.4 is 5.32 Å². The van der Waals surface area contributed by atoms with E-state index in [9.17, 15) is 4.79 Å². The van der Waals surface area contributed by atoms with Crippen LogP contribution in [0.25, 0.3) is 10.9 Å². The van der Waals surface area contributed by atoms with E-state index in [-0.39, 0.29) is 5.69 Å². The molecule has 19 heavy (non-hydrogen) atoms. The van der Waals surface area contributed by atoms with E-state index < -0.39 is 5.97 Å². The summed E-state index contributed by atoms with van der Waals surface area (Å²) in [5, 5.41) is 17.2. The minimum absolute atomic E-state index is 0.0384. The number of nitrogens with zero attached hydrogens (tertiary/aromatic N) is 1. The lowest BCUT2D eigenvalue weighted by Gasteiger charge is -2.09. The molecule has 4 nitrogen and oxygen atoms in total. The summed E-state index contributed by atoms with van der Waals surface area (Å²) in [5.41, 5.74) is 2.40. The number of thiophene rings is 1. The molecule has 0 aliphatic heterocycles. The van der Waals surface area contributed by atoms with Crippen molar-refractivity contribution in [2.24, 2.45) is 0 Å². The SMILES string of the molecule is O=C(O)c1cc(Nc2ccsc2)c2ccccc2n1. The van der Waals surface area contributed by atoms with Crippen molar-refractivity contribution in [3.05, 3.63) is 52.9 Å². The zero-order valence-electron chi connectivity index (χ0n) is 9.83. The molecular weight excluding hydrogens is 260 g/mol. The van der Waals surface area contributed by atoms with Crippen LogP contribution in [0.15, 0.2) is 47.2 Å². The molecule has 0 saturated heterocycles. The van der Waals surface area contributed by atoms with Gasteiger partial charge >= 0.3 is 5.97 Å². The molecule has 3 rings (SSSR count). The van der Waals surface area contributed by atoms with Crippen molar-refractivity contribution < 1.29 is 9.90 Å². The molecule has 0 fully saturated rings. The second-order valence-electron chi connectivity index (χ2n) is 4.01. The highest BCUT2D eigenvalue weighted by Gasteiger charge is 2.10. The van der Waals surface area contributed by atoms with Gasteiger partial charge in [0.1, 0.15) is 0 Å². The molecule has 0 unspecified atom stereocenters. The van der Waals surface area contributed by atoms with E-state index in [1.807, 2.05) is 35.0 Å². The zero-order valence-corrected chi connectivity index (χ0v) is 10.6. The van der Waals surface area contributed by atoms with E-state index in [0.29, 0.717) is 5.52 Å². The first-order chi connectivity index (χ1) is 9.24. The monoisotopic (exact) mass is 270 g/mol. The number of carboxylic acid groups (broad SMARTS) is 1. The van der Waals surface area contributed by atoms with E-state index in [4.69, 9.17) is 5.11 Å². The predicted molar refractivity (Wildman–Crippen MR) is 76.3 cm³/mol. The number of aromatic nitrogens is 1. The summed E-state index contributed by atoms with van der Waals surface area (Å²) in [7, 11) is 0. The van der Waals surface area contributed by atoms with E-state index in [0.717, 1.165) is 16.8 Å². The first kappa shape index (κ1) is 11.7. The fraction of sp³-hybridized carbons (Fsp3) is 0. The molecule has 3 aromatic rings. The van der Waals surface area contributed by atoms with Crippen molar-refractivity contribution in [2.45, 2.75) is 0 Å². The summed E-state index contributed by atoms with van der Waals surface area (Å²) in [4.78, 5) is 15.2. The number of hydrogen-bond donors (Lipinski definition) is 2. The number of nitrogens with one attached hydrogen (secondary N) is 1. The first-order valence-electron chi connectivity index (χ1n) is 5.66. The molecule has 0 aliphatic carbocycles. The normalized spacial score (nSPS) is 10.5. The van der Waals surface area contributed by atoms with Crippen molar-refractivity contribution in [3.8, 4) is 0 Å². The van der Waals surface area contributed by atoms with Gasteiger partial charge in [0, 0.05) is 16.5 Å². The molecule has 0 spiro atoms. The van der Waals surface area contributed by atoms with Gasteiger partial charge in [-0.3, -0.25) is 0 Å². The molecular formula is C14H10N2O2S. The van der Waals surface area contributed by atoms with Crippen molar-refractivity contribution in [2.75, 3.05) is 5.32 Å². The topological polar surface area (TPSA) is 62.2 Å². The van der Waals surface area contributed by atoms with Crippen LogP contribution >= 0.6 is 11.3 Å². The van der Waals surface area contributed by atoms with Crippen LogP contribution in [0.4, 0.5) is 11.4 Å². The standard InChI is InChI=1S/C14H10N2O2S/c17-14(18)13-7-12(15-9-5-6-19-8-9)10-3-1-2-4-11(10)16-13/h1-8H,(H,15,16)(H,17,18). The summed E-state index contributed by atoms with van der Waals surface area (Å²) in [6, 6.07) is 11.0. The molecule has 5 heteroatoms. The Labute approximate surface area is 113 Å². The first-order valence-corrected chi connectivity index (χ1v) is 6.60. The third-order valence-electron chi connectivity index (χ3n) is 2.74. The fourth-order valence-electron chi connectivity index (χ4n) is 1.88. The van der Waals surface area contributed by atoms with Crippen molar-refractivity contribution in [3.63, 3.8) is 0 Å². The number of anilines is 2. The largest absolute Gasteiger partial charge is 0.477 e. The number of benzene rings is 1. The van der Waals surface area contributed by atoms with Gasteiger partial charge in [-0.15, -0.1) is 0 Å². The summed E-state index contributed by atoms with van der Waals surface area (Å²) in [6.45, 7) is 0. The lowest BCUT2D eigenvalue weighted by Crippen LogP contribution is -2.02. The second-order valence-corrected chi connectivity index (χ2v) is 4.79. The molecule has 2 aromatic heterocycles. The minimum Gasteiger partial charge on any atom is -0.477 e. The zero-order chi connectivity index (χ0) is 13.2. The maximum Gasteiger partial charge on any atom is 0.354 e. The Kier molecular flexibility index (Phi) is 2.89. The highest BCUT2D eigenvalue weighted by Crippen LogP contribution is 2.27. The van der Waals surface area contributed by atoms with Gasteiger partial charge in [0.2, 0.25) is 0 Å². The number of fused-ring (bicyclic) bond motifs is 1. The molecule has 0 aliphatic rings. The van der Waals surface area contributed by atoms with Gasteiger partial charge in [0.15, 0.2) is 5.69 Å². The number of rotatable bonds is 3. The smallest absolute Gasteiger partial charge is 0.354 e. The summed E-state index contributed by atoms with van der Waals surface area (Å²) >= 11 is 1.58. The van der Waals surface area contributed by atoms with Gasteiger partial charge in [0.05, 0.1) is 11.2 Å². The van der Waals surface area contributed by atoms with E-state index in [1.165, 1.54) is 0 Å². The Morgan fingerprint density at radius 3 is 2.84 bits per heavy atom. The minimum atomic E-state index is -1.03. The van der Waals surface area contributed by atoms with E-state index >= 15 is 0 Å². The maximum absolute atomic E-state index is 11.1. The Hall–Kier alpha value is -2.40. The average Bonchev–Trinajstić information content (AvgIpc) is 2.91. The Bertz CT molecular complexity index is 738. The summed E-state index contributed by atoms with van der Waals surface area (Å²) in [5.74, 6) is -1.03. The van der Waals surface area contributed by atoms with Gasteiger partial charge in [-0.1, -0.05) is 18.2 Å². The number of pyridine rings is 1. The van der Waals surface area contributed by atoms with Crippen LogP contribution in [0.2, 0.25) is 0 Å². The predicted octanol–water partition coefficient (Wildman–Crippen LogP) is 3.74. The highest BCUT2D eigenvalue weighted by atomic mass is 32.1. The van der Waals surface area contributed by atoms with Crippen LogP contribution in [0.5, 0.6) is 0 Å². The number of carboxylic acids is 1. The van der Waals surface area contributed by atoms with Crippen LogP contribution in [0, 0.1) is 0 Å². The molecule has 2 N–H and O–H groups in total. The van der Waals surface area contributed by atoms with Crippen LogP contribution in [0.1, 0.15) is 10.5 Å². The third kappa shape index (κ3) is 2.28. The molecule has 0 amide bonds. The van der Waals surface area contributed by atoms with E-state index in [1.54, 1.807) is 23.5 Å². The van der Waals surface area contributed by atoms with Crippen LogP contribution in [-0.2, 0) is 0 Å². The van der Waals surface area contributed by atoms with Crippen LogP contribution in [0.3, 0.4) is 0 Å². The second kappa shape index (κ2) is 4.70. The summed E-state index contributed by atoms with van der Waals surface area (Å²) in [6.07, 6.45) is 0. The molecule has 94 valence electrons. The Morgan fingerprint density at radius 1 is 1.26 bits per heavy atom. The van der Waals surface area contributed by atoms with Gasteiger partial charge < -0.3 is 10.4 Å². The van der Waals surface area contributed by atoms with Gasteiger partial charge in [0.25, 0.3) is 0 Å². The quantitative estimate of drug-likeness (QED) is 0.761. The Morgan fingerprint density at radius 2 is 2.11 bits per heavy atom. The third-order valence-corrected chi connectivity index (χ3v) is 3.42. The van der Waals surface area contributed by atoms with Gasteiger partial charge in [-0.2, -0.15) is 11.3 Å². The van der Waals surface area contributed by atoms with Gasteiger partial charge in [-0.25, -0.2) is 9.78 Å². The highest BCUT2D eigenvalue weighted by molar-refractivity contribution is 7.08. The van der Waals surface area contributed by atoms with Crippen molar-refractivity contribution >= 4 is 39.6 Å². The molecule has 2 heterocycles. The average molecular weight is 270 g/mol. The Balaban J connectivity index is 2.17. The van der Waals surface area contributed by atoms with Crippen molar-refractivity contribution in [1.29, 1.82) is 0 Å². The molecule has 0 saturated carbocycles.